The van der Waals surface area contributed by atoms with Crippen LogP contribution in [0.2, 0.25) is 0 Å². The standard InChI is InChI=1S/C16H12FN3O3S/c1-2-20-13-12(14(21)19-16(20)24)9(15(22)23)7-11(18-13)8-5-3-4-6-10(8)17/h3-7H,2H2,1H3,(H,22,23)(H,19,21,24). The summed E-state index contributed by atoms with van der Waals surface area (Å²) >= 11 is 5.11. The molecular weight excluding hydrogens is 333 g/mol. The number of aromatic nitrogens is 3. The number of carbonyl (C=O) groups is 1. The summed E-state index contributed by atoms with van der Waals surface area (Å²) in [6, 6.07) is 7.09. The van der Waals surface area contributed by atoms with E-state index in [4.69, 9.17) is 12.2 Å². The fourth-order valence-electron chi connectivity index (χ4n) is 2.54. The van der Waals surface area contributed by atoms with Gasteiger partial charge >= 0.3 is 5.97 Å². The minimum atomic E-state index is -1.30. The van der Waals surface area contributed by atoms with Gasteiger partial charge in [-0.2, -0.15) is 0 Å². The number of benzene rings is 1. The average Bonchev–Trinajstić information content (AvgIpc) is 2.54. The lowest BCUT2D eigenvalue weighted by Gasteiger charge is -2.12. The van der Waals surface area contributed by atoms with Crippen molar-refractivity contribution in [3.63, 3.8) is 0 Å². The molecule has 0 saturated carbocycles. The SMILES string of the molecule is CCn1c(=S)[nH]c(=O)c2c(C(=O)O)cc(-c3ccccc3F)nc21. The molecule has 8 heteroatoms. The van der Waals surface area contributed by atoms with Gasteiger partial charge in [-0.25, -0.2) is 14.2 Å². The zero-order valence-electron chi connectivity index (χ0n) is 12.5. The van der Waals surface area contributed by atoms with Crippen molar-refractivity contribution in [3.05, 3.63) is 56.8 Å². The molecular formula is C16H12FN3O3S. The molecule has 0 spiro atoms. The van der Waals surface area contributed by atoms with Gasteiger partial charge in [-0.1, -0.05) is 12.1 Å². The summed E-state index contributed by atoms with van der Waals surface area (Å²) in [5.74, 6) is -1.84. The second kappa shape index (κ2) is 5.97. The second-order valence-electron chi connectivity index (χ2n) is 5.04. The van der Waals surface area contributed by atoms with Crippen LogP contribution in [0.25, 0.3) is 22.3 Å². The molecule has 3 aromatic rings. The van der Waals surface area contributed by atoms with Crippen molar-refractivity contribution in [2.45, 2.75) is 13.5 Å². The van der Waals surface area contributed by atoms with E-state index in [-0.39, 0.29) is 32.6 Å². The summed E-state index contributed by atoms with van der Waals surface area (Å²) in [6.07, 6.45) is 0. The Morgan fingerprint density at radius 1 is 1.42 bits per heavy atom. The van der Waals surface area contributed by atoms with Crippen molar-refractivity contribution >= 4 is 29.2 Å². The number of fused-ring (bicyclic) bond motifs is 1. The Balaban J connectivity index is 2.52. The summed E-state index contributed by atoms with van der Waals surface area (Å²) in [6.45, 7) is 2.16. The number of aromatic carboxylic acids is 1. The summed E-state index contributed by atoms with van der Waals surface area (Å²) in [7, 11) is 0. The molecule has 0 fully saturated rings. The third-order valence-electron chi connectivity index (χ3n) is 3.65. The van der Waals surface area contributed by atoms with Crippen molar-refractivity contribution in [2.75, 3.05) is 0 Å². The Hall–Kier alpha value is -2.87. The maximum atomic E-state index is 14.1. The maximum absolute atomic E-state index is 14.1. The van der Waals surface area contributed by atoms with Crippen molar-refractivity contribution < 1.29 is 14.3 Å². The van der Waals surface area contributed by atoms with Gasteiger partial charge in [0.15, 0.2) is 4.77 Å². The highest BCUT2D eigenvalue weighted by Crippen LogP contribution is 2.25. The van der Waals surface area contributed by atoms with Gasteiger partial charge in [-0.05, 0) is 37.3 Å². The van der Waals surface area contributed by atoms with Crippen LogP contribution in [0.3, 0.4) is 0 Å². The van der Waals surface area contributed by atoms with Gasteiger partial charge < -0.3 is 9.67 Å². The van der Waals surface area contributed by atoms with E-state index >= 15 is 0 Å². The third kappa shape index (κ3) is 2.50. The Morgan fingerprint density at radius 3 is 2.75 bits per heavy atom. The van der Waals surface area contributed by atoms with Crippen molar-refractivity contribution in [1.82, 2.24) is 14.5 Å². The predicted molar refractivity (Wildman–Crippen MR) is 89.2 cm³/mol. The summed E-state index contributed by atoms with van der Waals surface area (Å²) < 4.78 is 15.7. The maximum Gasteiger partial charge on any atom is 0.336 e. The van der Waals surface area contributed by atoms with E-state index in [0.717, 1.165) is 0 Å². The average molecular weight is 345 g/mol. The van der Waals surface area contributed by atoms with E-state index < -0.39 is 17.3 Å². The van der Waals surface area contributed by atoms with Gasteiger partial charge in [0, 0.05) is 12.1 Å². The molecule has 0 aliphatic heterocycles. The number of nitrogens with zero attached hydrogens (tertiary/aromatic N) is 2. The summed E-state index contributed by atoms with van der Waals surface area (Å²) in [5.41, 5.74) is -0.498. The van der Waals surface area contributed by atoms with Crippen LogP contribution in [0, 0.1) is 10.6 Å². The van der Waals surface area contributed by atoms with E-state index in [0.29, 0.717) is 6.54 Å². The Kier molecular flexibility index (Phi) is 3.98. The largest absolute Gasteiger partial charge is 0.478 e. The molecule has 0 unspecified atom stereocenters. The molecule has 6 nitrogen and oxygen atoms in total. The predicted octanol–water partition coefficient (Wildman–Crippen LogP) is 2.98. The molecule has 0 bridgehead atoms. The molecule has 0 atom stereocenters. The third-order valence-corrected chi connectivity index (χ3v) is 3.97. The van der Waals surface area contributed by atoms with Crippen LogP contribution < -0.4 is 5.56 Å². The fraction of sp³-hybridized carbons (Fsp3) is 0.125. The monoisotopic (exact) mass is 345 g/mol. The van der Waals surface area contributed by atoms with E-state index in [1.165, 1.54) is 28.8 Å². The van der Waals surface area contributed by atoms with Crippen LogP contribution in [-0.2, 0) is 6.54 Å². The van der Waals surface area contributed by atoms with Crippen molar-refractivity contribution in [3.8, 4) is 11.3 Å². The number of halogens is 1. The highest BCUT2D eigenvalue weighted by Gasteiger charge is 2.19. The van der Waals surface area contributed by atoms with Gasteiger partial charge in [0.2, 0.25) is 0 Å². The van der Waals surface area contributed by atoms with Crippen LogP contribution in [0.1, 0.15) is 17.3 Å². The van der Waals surface area contributed by atoms with Crippen LogP contribution in [0.15, 0.2) is 35.1 Å². The first kappa shape index (κ1) is 16.0. The van der Waals surface area contributed by atoms with Crippen LogP contribution in [-0.4, -0.2) is 25.6 Å². The van der Waals surface area contributed by atoms with Crippen molar-refractivity contribution in [1.29, 1.82) is 0 Å². The number of nitrogens with one attached hydrogen (secondary N) is 1. The van der Waals surface area contributed by atoms with Crippen molar-refractivity contribution in [2.24, 2.45) is 0 Å². The number of aryl methyl sites for hydroxylation is 1. The minimum absolute atomic E-state index is 0.0851. The van der Waals surface area contributed by atoms with E-state index in [1.54, 1.807) is 13.0 Å². The van der Waals surface area contributed by atoms with Crippen LogP contribution >= 0.6 is 12.2 Å². The lowest BCUT2D eigenvalue weighted by Crippen LogP contribution is -2.18. The first-order valence-corrected chi connectivity index (χ1v) is 7.51. The van der Waals surface area contributed by atoms with Gasteiger partial charge in [-0.3, -0.25) is 9.78 Å². The van der Waals surface area contributed by atoms with E-state index in [9.17, 15) is 19.1 Å². The molecule has 0 radical (unpaired) electrons. The number of carboxylic acids is 1. The number of pyridine rings is 1. The molecule has 122 valence electrons. The molecule has 2 aromatic heterocycles. The van der Waals surface area contributed by atoms with Crippen LogP contribution in [0.5, 0.6) is 0 Å². The molecule has 0 saturated heterocycles. The molecule has 3 rings (SSSR count). The molecule has 24 heavy (non-hydrogen) atoms. The molecule has 0 aliphatic rings. The van der Waals surface area contributed by atoms with Crippen LogP contribution in [0.4, 0.5) is 4.39 Å². The zero-order valence-corrected chi connectivity index (χ0v) is 13.4. The minimum Gasteiger partial charge on any atom is -0.478 e. The number of H-pyrrole nitrogens is 1. The number of hydrogen-bond donors (Lipinski definition) is 2. The normalized spacial score (nSPS) is 10.9. The smallest absolute Gasteiger partial charge is 0.336 e. The lowest BCUT2D eigenvalue weighted by atomic mass is 10.1. The van der Waals surface area contributed by atoms with Gasteiger partial charge in [0.05, 0.1) is 16.6 Å². The quantitative estimate of drug-likeness (QED) is 0.713. The number of hydrogen-bond acceptors (Lipinski definition) is 4. The number of carboxylic acid groups (broad SMARTS) is 1. The summed E-state index contributed by atoms with van der Waals surface area (Å²) in [5, 5.41) is 9.39. The molecule has 0 amide bonds. The molecule has 0 aliphatic carbocycles. The highest BCUT2D eigenvalue weighted by molar-refractivity contribution is 7.71. The number of rotatable bonds is 3. The zero-order chi connectivity index (χ0) is 17.4. The van der Waals surface area contributed by atoms with Gasteiger partial charge in [0.25, 0.3) is 5.56 Å². The van der Waals surface area contributed by atoms with Gasteiger partial charge in [0.1, 0.15) is 11.5 Å². The Labute approximate surface area is 140 Å². The Morgan fingerprint density at radius 2 is 2.12 bits per heavy atom. The highest BCUT2D eigenvalue weighted by atomic mass is 32.1. The Bertz CT molecular complexity index is 1090. The second-order valence-corrected chi connectivity index (χ2v) is 5.43. The summed E-state index contributed by atoms with van der Waals surface area (Å²) in [4.78, 5) is 30.6. The molecule has 2 heterocycles. The lowest BCUT2D eigenvalue weighted by molar-refractivity contribution is 0.0699. The molecule has 2 N–H and O–H groups in total. The van der Waals surface area contributed by atoms with Gasteiger partial charge in [-0.15, -0.1) is 0 Å². The first-order chi connectivity index (χ1) is 11.4. The number of aromatic amines is 1. The first-order valence-electron chi connectivity index (χ1n) is 7.10. The molecule has 1 aromatic carbocycles. The topological polar surface area (TPSA) is 88.0 Å². The van der Waals surface area contributed by atoms with E-state index in [1.807, 2.05) is 0 Å². The van der Waals surface area contributed by atoms with E-state index in [2.05, 4.69) is 9.97 Å². The fourth-order valence-corrected chi connectivity index (χ4v) is 2.85.